The van der Waals surface area contributed by atoms with Crippen LogP contribution in [0.1, 0.15) is 46.5 Å². The van der Waals surface area contributed by atoms with Crippen molar-refractivity contribution in [3.63, 3.8) is 0 Å². The Morgan fingerprint density at radius 2 is 2.00 bits per heavy atom. The number of alkyl halides is 3. The summed E-state index contributed by atoms with van der Waals surface area (Å²) in [6.07, 6.45) is -1.84. The Morgan fingerprint density at radius 1 is 1.33 bits per heavy atom. The van der Waals surface area contributed by atoms with Crippen LogP contribution in [-0.4, -0.2) is 42.3 Å². The van der Waals surface area contributed by atoms with Crippen molar-refractivity contribution >= 4 is 0 Å². The van der Waals surface area contributed by atoms with Gasteiger partial charge in [-0.25, -0.2) is 0 Å². The van der Waals surface area contributed by atoms with E-state index in [1.54, 1.807) is 0 Å². The van der Waals surface area contributed by atoms with Gasteiger partial charge in [0, 0.05) is 31.2 Å². The molecule has 0 aromatic heterocycles. The minimum atomic E-state index is -4.05. The second-order valence-electron chi connectivity index (χ2n) is 5.57. The van der Waals surface area contributed by atoms with E-state index in [-0.39, 0.29) is 18.1 Å². The molecule has 1 heterocycles. The summed E-state index contributed by atoms with van der Waals surface area (Å²) in [5.74, 6) is 0. The van der Waals surface area contributed by atoms with Crippen LogP contribution in [0.4, 0.5) is 13.2 Å². The van der Waals surface area contributed by atoms with Crippen molar-refractivity contribution in [1.82, 2.24) is 10.2 Å². The van der Waals surface area contributed by atoms with Gasteiger partial charge in [0.05, 0.1) is 6.42 Å². The van der Waals surface area contributed by atoms with Crippen molar-refractivity contribution in [2.24, 2.45) is 0 Å². The predicted octanol–water partition coefficient (Wildman–Crippen LogP) is 3.18. The summed E-state index contributed by atoms with van der Waals surface area (Å²) >= 11 is 0. The lowest BCUT2D eigenvalue weighted by Gasteiger charge is -2.46. The van der Waals surface area contributed by atoms with Gasteiger partial charge in [0.2, 0.25) is 0 Å². The van der Waals surface area contributed by atoms with Crippen molar-refractivity contribution in [2.45, 2.75) is 64.2 Å². The molecule has 0 aliphatic carbocycles. The standard InChI is InChI=1S/C13H25F3N2/c1-4-6-11-9-17-12(3,5-2)10-18(11)8-7-13(14,15)16/h11,17H,4-10H2,1-3H3. The summed E-state index contributed by atoms with van der Waals surface area (Å²) in [6.45, 7) is 7.89. The Morgan fingerprint density at radius 3 is 2.50 bits per heavy atom. The van der Waals surface area contributed by atoms with Gasteiger partial charge >= 0.3 is 6.18 Å². The molecule has 0 radical (unpaired) electrons. The number of piperazine rings is 1. The molecule has 0 aromatic rings. The lowest BCUT2D eigenvalue weighted by atomic mass is 9.92. The van der Waals surface area contributed by atoms with Gasteiger partial charge in [-0.1, -0.05) is 20.3 Å². The highest BCUT2D eigenvalue weighted by atomic mass is 19.4. The number of halogens is 3. The monoisotopic (exact) mass is 266 g/mol. The number of rotatable bonds is 5. The molecule has 0 saturated carbocycles. The molecule has 0 spiro atoms. The molecule has 2 unspecified atom stereocenters. The highest BCUT2D eigenvalue weighted by Crippen LogP contribution is 2.25. The van der Waals surface area contributed by atoms with E-state index < -0.39 is 12.6 Å². The first-order valence-electron chi connectivity index (χ1n) is 6.85. The van der Waals surface area contributed by atoms with E-state index in [9.17, 15) is 13.2 Å². The lowest BCUT2D eigenvalue weighted by molar-refractivity contribution is -0.140. The minimum Gasteiger partial charge on any atom is -0.309 e. The van der Waals surface area contributed by atoms with Crippen LogP contribution in [0.15, 0.2) is 0 Å². The third-order valence-corrected chi connectivity index (χ3v) is 3.92. The smallest absolute Gasteiger partial charge is 0.309 e. The molecule has 5 heteroatoms. The van der Waals surface area contributed by atoms with Gasteiger partial charge in [0.1, 0.15) is 0 Å². The van der Waals surface area contributed by atoms with Gasteiger partial charge in [-0.05, 0) is 19.8 Å². The zero-order valence-corrected chi connectivity index (χ0v) is 11.6. The molecule has 2 nitrogen and oxygen atoms in total. The van der Waals surface area contributed by atoms with E-state index >= 15 is 0 Å². The van der Waals surface area contributed by atoms with Crippen LogP contribution >= 0.6 is 0 Å². The fourth-order valence-electron chi connectivity index (χ4n) is 2.51. The van der Waals surface area contributed by atoms with Gasteiger partial charge in [-0.2, -0.15) is 13.2 Å². The largest absolute Gasteiger partial charge is 0.390 e. The summed E-state index contributed by atoms with van der Waals surface area (Å²) in [5.41, 5.74) is -0.0458. The van der Waals surface area contributed by atoms with Crippen LogP contribution in [0.25, 0.3) is 0 Å². The van der Waals surface area contributed by atoms with Crippen LogP contribution in [-0.2, 0) is 0 Å². The van der Waals surface area contributed by atoms with Gasteiger partial charge in [-0.15, -0.1) is 0 Å². The summed E-state index contributed by atoms with van der Waals surface area (Å²) in [5, 5.41) is 3.48. The zero-order valence-electron chi connectivity index (χ0n) is 11.6. The van der Waals surface area contributed by atoms with Crippen LogP contribution < -0.4 is 5.32 Å². The molecular formula is C13H25F3N2. The molecule has 1 aliphatic rings. The Hall–Kier alpha value is -0.290. The van der Waals surface area contributed by atoms with Gasteiger partial charge in [-0.3, -0.25) is 4.90 Å². The quantitative estimate of drug-likeness (QED) is 0.822. The third-order valence-electron chi connectivity index (χ3n) is 3.92. The zero-order chi connectivity index (χ0) is 13.8. The van der Waals surface area contributed by atoms with Crippen LogP contribution in [0, 0.1) is 0 Å². The molecule has 1 aliphatic heterocycles. The normalized spacial score (nSPS) is 30.7. The van der Waals surface area contributed by atoms with E-state index in [0.717, 1.165) is 25.8 Å². The molecule has 1 rings (SSSR count). The summed E-state index contributed by atoms with van der Waals surface area (Å²) in [7, 11) is 0. The van der Waals surface area contributed by atoms with Crippen molar-refractivity contribution < 1.29 is 13.2 Å². The van der Waals surface area contributed by atoms with E-state index in [4.69, 9.17) is 0 Å². The first kappa shape index (κ1) is 15.8. The van der Waals surface area contributed by atoms with Crippen LogP contribution in [0.3, 0.4) is 0 Å². The molecule has 0 aromatic carbocycles. The van der Waals surface area contributed by atoms with E-state index in [1.165, 1.54) is 0 Å². The van der Waals surface area contributed by atoms with Gasteiger partial charge in [0.15, 0.2) is 0 Å². The topological polar surface area (TPSA) is 15.3 Å². The summed E-state index contributed by atoms with van der Waals surface area (Å²) < 4.78 is 37.1. The Bertz CT molecular complexity index is 255. The van der Waals surface area contributed by atoms with Crippen molar-refractivity contribution in [3.05, 3.63) is 0 Å². The van der Waals surface area contributed by atoms with Crippen molar-refractivity contribution in [3.8, 4) is 0 Å². The molecule has 1 saturated heterocycles. The molecule has 1 fully saturated rings. The van der Waals surface area contributed by atoms with E-state index in [2.05, 4.69) is 26.1 Å². The minimum absolute atomic E-state index is 0.0458. The fourth-order valence-corrected chi connectivity index (χ4v) is 2.51. The summed E-state index contributed by atoms with van der Waals surface area (Å²) in [6, 6.07) is 0.247. The Labute approximate surface area is 108 Å². The number of hydrogen-bond acceptors (Lipinski definition) is 2. The molecule has 1 N–H and O–H groups in total. The highest BCUT2D eigenvalue weighted by Gasteiger charge is 2.36. The average molecular weight is 266 g/mol. The van der Waals surface area contributed by atoms with Crippen molar-refractivity contribution in [1.29, 1.82) is 0 Å². The van der Waals surface area contributed by atoms with Crippen molar-refractivity contribution in [2.75, 3.05) is 19.6 Å². The van der Waals surface area contributed by atoms with Crippen LogP contribution in [0.5, 0.6) is 0 Å². The predicted molar refractivity (Wildman–Crippen MR) is 67.6 cm³/mol. The SMILES string of the molecule is CCCC1CNC(C)(CC)CN1CCC(F)(F)F. The molecule has 0 amide bonds. The maximum atomic E-state index is 12.4. The van der Waals surface area contributed by atoms with E-state index in [1.807, 2.05) is 4.90 Å². The second kappa shape index (κ2) is 6.24. The first-order valence-corrected chi connectivity index (χ1v) is 6.85. The number of nitrogens with zero attached hydrogens (tertiary/aromatic N) is 1. The van der Waals surface area contributed by atoms with Gasteiger partial charge in [0.25, 0.3) is 0 Å². The maximum Gasteiger partial charge on any atom is 0.390 e. The lowest BCUT2D eigenvalue weighted by Crippen LogP contribution is -2.62. The Balaban J connectivity index is 2.60. The van der Waals surface area contributed by atoms with E-state index in [0.29, 0.717) is 6.54 Å². The third kappa shape index (κ3) is 4.76. The van der Waals surface area contributed by atoms with Gasteiger partial charge < -0.3 is 5.32 Å². The number of hydrogen-bond donors (Lipinski definition) is 1. The Kier molecular flexibility index (Phi) is 5.46. The molecule has 0 bridgehead atoms. The van der Waals surface area contributed by atoms with Crippen LogP contribution in [0.2, 0.25) is 0 Å². The average Bonchev–Trinajstić information content (AvgIpc) is 2.29. The molecule has 18 heavy (non-hydrogen) atoms. The number of nitrogens with one attached hydrogen (secondary N) is 1. The molecule has 2 atom stereocenters. The fraction of sp³-hybridized carbons (Fsp3) is 1.00. The highest BCUT2D eigenvalue weighted by molar-refractivity contribution is 4.94. The second-order valence-corrected chi connectivity index (χ2v) is 5.57. The summed E-state index contributed by atoms with van der Waals surface area (Å²) in [4.78, 5) is 2.02. The molecular weight excluding hydrogens is 241 g/mol. The maximum absolute atomic E-state index is 12.4. The first-order chi connectivity index (χ1) is 8.29. The molecule has 108 valence electrons.